The Bertz CT molecular complexity index is 895. The van der Waals surface area contributed by atoms with Gasteiger partial charge in [0.25, 0.3) is 5.91 Å². The second-order valence-electron chi connectivity index (χ2n) is 7.31. The third kappa shape index (κ3) is 5.17. The molecule has 1 saturated carbocycles. The number of amides is 1. The zero-order valence-corrected chi connectivity index (χ0v) is 16.6. The molecule has 27 heavy (non-hydrogen) atoms. The minimum atomic E-state index is -3.55. The van der Waals surface area contributed by atoms with Crippen LogP contribution < -0.4 is 10.0 Å². The van der Waals surface area contributed by atoms with Gasteiger partial charge in [0.2, 0.25) is 10.0 Å². The highest BCUT2D eigenvalue weighted by atomic mass is 32.2. The van der Waals surface area contributed by atoms with E-state index in [2.05, 4.69) is 10.0 Å². The first-order valence-electron chi connectivity index (χ1n) is 9.35. The number of carbonyl (C=O) groups is 1. The van der Waals surface area contributed by atoms with Gasteiger partial charge in [0.15, 0.2) is 0 Å². The molecule has 2 aromatic rings. The van der Waals surface area contributed by atoms with Crippen LogP contribution in [0.3, 0.4) is 0 Å². The first-order chi connectivity index (χ1) is 12.8. The maximum atomic E-state index is 12.5. The zero-order chi connectivity index (χ0) is 19.4. The number of hydrogen-bond acceptors (Lipinski definition) is 3. The molecular formula is C21H26N2O3S. The van der Waals surface area contributed by atoms with Crippen molar-refractivity contribution in [2.24, 2.45) is 0 Å². The largest absolute Gasteiger partial charge is 0.322 e. The van der Waals surface area contributed by atoms with Crippen LogP contribution in [0, 0.1) is 13.8 Å². The van der Waals surface area contributed by atoms with E-state index in [-0.39, 0.29) is 16.8 Å². The standard InChI is InChI=1S/C21H26N2O3S/c1-15-12-16(2)14-19(13-15)22-21(24)17-8-10-20(11-9-17)27(25,26)23-18-6-4-3-5-7-18/h8-14,18,23H,3-7H2,1-2H3,(H,22,24). The molecule has 0 saturated heterocycles. The molecule has 1 aliphatic rings. The van der Waals surface area contributed by atoms with Gasteiger partial charge in [0.05, 0.1) is 4.90 Å². The van der Waals surface area contributed by atoms with Crippen LogP contribution in [-0.4, -0.2) is 20.4 Å². The topological polar surface area (TPSA) is 75.3 Å². The average molecular weight is 387 g/mol. The van der Waals surface area contributed by atoms with Crippen molar-refractivity contribution in [1.29, 1.82) is 0 Å². The Hall–Kier alpha value is -2.18. The molecule has 0 spiro atoms. The maximum absolute atomic E-state index is 12.5. The van der Waals surface area contributed by atoms with Crippen molar-refractivity contribution in [2.45, 2.75) is 56.9 Å². The fourth-order valence-electron chi connectivity index (χ4n) is 3.54. The van der Waals surface area contributed by atoms with Crippen molar-refractivity contribution >= 4 is 21.6 Å². The summed E-state index contributed by atoms with van der Waals surface area (Å²) in [5, 5.41) is 2.86. The van der Waals surface area contributed by atoms with Gasteiger partial charge >= 0.3 is 0 Å². The first kappa shape index (κ1) is 19.6. The lowest BCUT2D eigenvalue weighted by Crippen LogP contribution is -2.36. The van der Waals surface area contributed by atoms with E-state index in [4.69, 9.17) is 0 Å². The first-order valence-corrected chi connectivity index (χ1v) is 10.8. The van der Waals surface area contributed by atoms with Crippen molar-refractivity contribution in [3.05, 3.63) is 59.2 Å². The summed E-state index contributed by atoms with van der Waals surface area (Å²) in [5.74, 6) is -0.260. The molecule has 5 nitrogen and oxygen atoms in total. The SMILES string of the molecule is Cc1cc(C)cc(NC(=O)c2ccc(S(=O)(=O)NC3CCCCC3)cc2)c1. The van der Waals surface area contributed by atoms with Gasteiger partial charge in [-0.3, -0.25) is 4.79 Å². The lowest BCUT2D eigenvalue weighted by Gasteiger charge is -2.22. The number of hydrogen-bond donors (Lipinski definition) is 2. The summed E-state index contributed by atoms with van der Waals surface area (Å²) in [6.07, 6.45) is 5.06. The number of sulfonamides is 1. The fraction of sp³-hybridized carbons (Fsp3) is 0.381. The van der Waals surface area contributed by atoms with Gasteiger partial charge in [-0.1, -0.05) is 25.3 Å². The van der Waals surface area contributed by atoms with Crippen LogP contribution in [0.5, 0.6) is 0 Å². The molecule has 6 heteroatoms. The second-order valence-corrected chi connectivity index (χ2v) is 9.03. The number of benzene rings is 2. The van der Waals surface area contributed by atoms with Crippen molar-refractivity contribution in [1.82, 2.24) is 4.72 Å². The molecule has 3 rings (SSSR count). The Kier molecular flexibility index (Phi) is 5.97. The van der Waals surface area contributed by atoms with Gasteiger partial charge in [-0.25, -0.2) is 13.1 Å². The van der Waals surface area contributed by atoms with E-state index in [9.17, 15) is 13.2 Å². The highest BCUT2D eigenvalue weighted by molar-refractivity contribution is 7.89. The van der Waals surface area contributed by atoms with Crippen LogP contribution in [0.2, 0.25) is 0 Å². The molecule has 1 aliphatic carbocycles. The van der Waals surface area contributed by atoms with E-state index >= 15 is 0 Å². The van der Waals surface area contributed by atoms with Gasteiger partial charge in [0, 0.05) is 17.3 Å². The van der Waals surface area contributed by atoms with Gasteiger partial charge in [0.1, 0.15) is 0 Å². The highest BCUT2D eigenvalue weighted by Gasteiger charge is 2.22. The smallest absolute Gasteiger partial charge is 0.255 e. The predicted octanol–water partition coefficient (Wildman–Crippen LogP) is 4.17. The molecule has 0 radical (unpaired) electrons. The predicted molar refractivity (Wildman–Crippen MR) is 108 cm³/mol. The van der Waals surface area contributed by atoms with E-state index in [1.807, 2.05) is 32.0 Å². The fourth-order valence-corrected chi connectivity index (χ4v) is 4.85. The maximum Gasteiger partial charge on any atom is 0.255 e. The van der Waals surface area contributed by atoms with E-state index in [1.54, 1.807) is 12.1 Å². The third-order valence-corrected chi connectivity index (χ3v) is 6.37. The van der Waals surface area contributed by atoms with Crippen LogP contribution in [0.4, 0.5) is 5.69 Å². The molecular weight excluding hydrogens is 360 g/mol. The molecule has 0 aliphatic heterocycles. The van der Waals surface area contributed by atoms with Crippen LogP contribution in [0.15, 0.2) is 47.4 Å². The van der Waals surface area contributed by atoms with Gasteiger partial charge in [-0.15, -0.1) is 0 Å². The van der Waals surface area contributed by atoms with Crippen molar-refractivity contribution in [2.75, 3.05) is 5.32 Å². The molecule has 2 aromatic carbocycles. The van der Waals surface area contributed by atoms with Crippen molar-refractivity contribution in [3.8, 4) is 0 Å². The molecule has 144 valence electrons. The minimum absolute atomic E-state index is 0.0104. The van der Waals surface area contributed by atoms with E-state index in [0.717, 1.165) is 42.5 Å². The molecule has 0 bridgehead atoms. The number of aryl methyl sites for hydroxylation is 2. The van der Waals surface area contributed by atoms with E-state index < -0.39 is 10.0 Å². The van der Waals surface area contributed by atoms with Crippen LogP contribution >= 0.6 is 0 Å². The molecule has 0 aromatic heterocycles. The van der Waals surface area contributed by atoms with Gasteiger partial charge in [-0.2, -0.15) is 0 Å². The van der Waals surface area contributed by atoms with Gasteiger partial charge in [-0.05, 0) is 74.2 Å². The zero-order valence-electron chi connectivity index (χ0n) is 15.8. The van der Waals surface area contributed by atoms with Crippen LogP contribution in [0.25, 0.3) is 0 Å². The lowest BCUT2D eigenvalue weighted by atomic mass is 9.96. The van der Waals surface area contributed by atoms with Crippen molar-refractivity contribution < 1.29 is 13.2 Å². The van der Waals surface area contributed by atoms with E-state index in [1.165, 1.54) is 18.6 Å². The van der Waals surface area contributed by atoms with E-state index in [0.29, 0.717) is 5.56 Å². The molecule has 0 heterocycles. The van der Waals surface area contributed by atoms with Crippen LogP contribution in [0.1, 0.15) is 53.6 Å². The Balaban J connectivity index is 1.69. The summed E-state index contributed by atoms with van der Waals surface area (Å²) in [6, 6.07) is 11.9. The number of rotatable bonds is 5. The summed E-state index contributed by atoms with van der Waals surface area (Å²) < 4.78 is 27.9. The summed E-state index contributed by atoms with van der Waals surface area (Å²) in [7, 11) is -3.55. The summed E-state index contributed by atoms with van der Waals surface area (Å²) >= 11 is 0. The molecule has 0 unspecified atom stereocenters. The Morgan fingerprint density at radius 1 is 0.926 bits per heavy atom. The quantitative estimate of drug-likeness (QED) is 0.810. The average Bonchev–Trinajstić information content (AvgIpc) is 2.61. The van der Waals surface area contributed by atoms with Crippen molar-refractivity contribution in [3.63, 3.8) is 0 Å². The Morgan fingerprint density at radius 2 is 1.52 bits per heavy atom. The normalized spacial score (nSPS) is 15.5. The Labute approximate surface area is 161 Å². The number of anilines is 1. The lowest BCUT2D eigenvalue weighted by molar-refractivity contribution is 0.102. The summed E-state index contributed by atoms with van der Waals surface area (Å²) in [5.41, 5.74) is 3.29. The molecule has 1 amide bonds. The number of carbonyl (C=O) groups excluding carboxylic acids is 1. The minimum Gasteiger partial charge on any atom is -0.322 e. The second kappa shape index (κ2) is 8.23. The highest BCUT2D eigenvalue weighted by Crippen LogP contribution is 2.20. The summed E-state index contributed by atoms with van der Waals surface area (Å²) in [6.45, 7) is 3.95. The molecule has 2 N–H and O–H groups in total. The van der Waals surface area contributed by atoms with Gasteiger partial charge < -0.3 is 5.32 Å². The van der Waals surface area contributed by atoms with Crippen LogP contribution in [-0.2, 0) is 10.0 Å². The Morgan fingerprint density at radius 3 is 2.11 bits per heavy atom. The molecule has 0 atom stereocenters. The number of nitrogens with one attached hydrogen (secondary N) is 2. The third-order valence-electron chi connectivity index (χ3n) is 4.83. The molecule has 1 fully saturated rings. The monoisotopic (exact) mass is 386 g/mol. The summed E-state index contributed by atoms with van der Waals surface area (Å²) in [4.78, 5) is 12.6.